The number of aromatic hydroxyl groups is 4. The van der Waals surface area contributed by atoms with Crippen molar-refractivity contribution in [2.24, 2.45) is 5.18 Å². The molecule has 0 fully saturated rings. The topological polar surface area (TPSA) is 207 Å². The fourth-order valence-electron chi connectivity index (χ4n) is 2.97. The van der Waals surface area contributed by atoms with E-state index >= 15 is 0 Å². The van der Waals surface area contributed by atoms with Crippen LogP contribution in [-0.4, -0.2) is 73.7 Å². The van der Waals surface area contributed by atoms with Gasteiger partial charge < -0.3 is 45.2 Å². The number of hydrogen-bond acceptors (Lipinski definition) is 12. The number of benzene rings is 2. The standard InChI is InChI=1S/C15H17NO6.C6H6O3.C5H10O2.C2H6/c1-8(3-9(2)17)15(19)22-11-6-12-13(18)4-10(16-20)5-14(12)21-7-11;7-4-2-1-3-5(8)6(4)9;1-2-5(3-6)4-7;1-2/h3-5,9,11,17-18H,6-7H2,1-2H3;1-3,7-9H;2,6-7H,3-4H2,1H3;1-2H3/b8-3+;;;. The summed E-state index contributed by atoms with van der Waals surface area (Å²) in [5, 5.41) is 64.5. The Kier molecular flexibility index (Phi) is 17.0. The summed E-state index contributed by atoms with van der Waals surface area (Å²) in [6.45, 7) is 8.91. The van der Waals surface area contributed by atoms with E-state index < -0.39 is 23.9 Å². The Hall–Kier alpha value is -4.13. The number of hydrogen-bond donors (Lipinski definition) is 7. The molecule has 222 valence electrons. The zero-order valence-electron chi connectivity index (χ0n) is 23.2. The summed E-state index contributed by atoms with van der Waals surface area (Å²) in [4.78, 5) is 22.4. The van der Waals surface area contributed by atoms with Crippen LogP contribution in [0.1, 0.15) is 40.2 Å². The lowest BCUT2D eigenvalue weighted by Crippen LogP contribution is -2.31. The largest absolute Gasteiger partial charge is 0.507 e. The number of nitrogens with zero attached hydrogens (tertiary/aromatic N) is 1. The number of rotatable bonds is 6. The molecule has 12 nitrogen and oxygen atoms in total. The van der Waals surface area contributed by atoms with E-state index in [1.807, 2.05) is 13.8 Å². The van der Waals surface area contributed by atoms with Gasteiger partial charge >= 0.3 is 5.97 Å². The molecule has 2 atom stereocenters. The minimum absolute atomic E-state index is 0.0347. The summed E-state index contributed by atoms with van der Waals surface area (Å²) in [5.41, 5.74) is 1.50. The summed E-state index contributed by atoms with van der Waals surface area (Å²) >= 11 is 0. The smallest absolute Gasteiger partial charge is 0.333 e. The van der Waals surface area contributed by atoms with Crippen molar-refractivity contribution < 1.29 is 50.0 Å². The fraction of sp³-hybridized carbons (Fsp3) is 0.393. The highest BCUT2D eigenvalue weighted by atomic mass is 16.6. The van der Waals surface area contributed by atoms with Gasteiger partial charge in [-0.05, 0) is 49.7 Å². The van der Waals surface area contributed by atoms with E-state index in [1.165, 1.54) is 43.3 Å². The van der Waals surface area contributed by atoms with Gasteiger partial charge in [0.15, 0.2) is 17.2 Å². The van der Waals surface area contributed by atoms with Crippen LogP contribution in [0.25, 0.3) is 0 Å². The maximum atomic E-state index is 11.9. The maximum Gasteiger partial charge on any atom is 0.333 e. The molecule has 2 unspecified atom stereocenters. The summed E-state index contributed by atoms with van der Waals surface area (Å²) in [5.74, 6) is -1.41. The molecule has 0 amide bonds. The van der Waals surface area contributed by atoms with Crippen LogP contribution in [0.5, 0.6) is 28.7 Å². The minimum atomic E-state index is -0.741. The second-order valence-electron chi connectivity index (χ2n) is 8.07. The number of phenolic OH excluding ortho intramolecular Hbond substituents is 4. The molecule has 2 aromatic rings. The summed E-state index contributed by atoms with van der Waals surface area (Å²) in [7, 11) is 0. The van der Waals surface area contributed by atoms with Crippen molar-refractivity contribution in [2.75, 3.05) is 19.8 Å². The van der Waals surface area contributed by atoms with Gasteiger partial charge in [-0.2, -0.15) is 0 Å². The van der Waals surface area contributed by atoms with E-state index in [0.29, 0.717) is 22.5 Å². The fourth-order valence-corrected chi connectivity index (χ4v) is 2.97. The van der Waals surface area contributed by atoms with Gasteiger partial charge in [0.05, 0.1) is 19.3 Å². The van der Waals surface area contributed by atoms with Gasteiger partial charge in [-0.1, -0.05) is 26.0 Å². The number of phenols is 4. The molecule has 0 aliphatic carbocycles. The molecule has 0 spiro atoms. The quantitative estimate of drug-likeness (QED) is 0.0883. The summed E-state index contributed by atoms with van der Waals surface area (Å²) in [6.07, 6.45) is 2.06. The second kappa shape index (κ2) is 19.0. The first-order chi connectivity index (χ1) is 19.0. The molecule has 40 heavy (non-hydrogen) atoms. The molecule has 1 aliphatic rings. The van der Waals surface area contributed by atoms with Gasteiger partial charge in [0.1, 0.15) is 29.9 Å². The molecule has 2 aromatic carbocycles. The van der Waals surface area contributed by atoms with Crippen LogP contribution in [0.2, 0.25) is 0 Å². The third-order valence-corrected chi connectivity index (χ3v) is 5.03. The van der Waals surface area contributed by atoms with Crippen molar-refractivity contribution in [3.05, 3.63) is 64.1 Å². The van der Waals surface area contributed by atoms with Gasteiger partial charge in [0.25, 0.3) is 0 Å². The van der Waals surface area contributed by atoms with Gasteiger partial charge in [0.2, 0.25) is 0 Å². The van der Waals surface area contributed by atoms with Crippen LogP contribution >= 0.6 is 0 Å². The van der Waals surface area contributed by atoms with Crippen LogP contribution in [0.3, 0.4) is 0 Å². The molecule has 0 saturated heterocycles. The van der Waals surface area contributed by atoms with Crippen molar-refractivity contribution in [1.29, 1.82) is 0 Å². The maximum absolute atomic E-state index is 11.9. The predicted octanol–water partition coefficient (Wildman–Crippen LogP) is 3.71. The number of para-hydroxylation sites is 1. The highest BCUT2D eigenvalue weighted by Gasteiger charge is 2.26. The lowest BCUT2D eigenvalue weighted by atomic mass is 10.0. The molecule has 3 rings (SSSR count). The zero-order chi connectivity index (χ0) is 30.8. The van der Waals surface area contributed by atoms with Crippen LogP contribution in [0.4, 0.5) is 5.69 Å². The lowest BCUT2D eigenvalue weighted by molar-refractivity contribution is -0.146. The number of carbonyl (C=O) groups excluding carboxylic acids is 1. The van der Waals surface area contributed by atoms with Crippen LogP contribution in [0, 0.1) is 4.91 Å². The molecule has 7 N–H and O–H groups in total. The van der Waals surface area contributed by atoms with Gasteiger partial charge in [0, 0.05) is 29.7 Å². The lowest BCUT2D eigenvalue weighted by Gasteiger charge is -2.26. The van der Waals surface area contributed by atoms with Crippen LogP contribution < -0.4 is 4.74 Å². The summed E-state index contributed by atoms with van der Waals surface area (Å²) in [6, 6.07) is 6.67. The third-order valence-electron chi connectivity index (χ3n) is 5.03. The predicted molar refractivity (Wildman–Crippen MR) is 149 cm³/mol. The minimum Gasteiger partial charge on any atom is -0.507 e. The number of esters is 1. The molecule has 0 saturated carbocycles. The average Bonchev–Trinajstić information content (AvgIpc) is 2.94. The Morgan fingerprint density at radius 1 is 1.10 bits per heavy atom. The molecule has 0 aromatic heterocycles. The van der Waals surface area contributed by atoms with Crippen molar-refractivity contribution in [3.8, 4) is 28.7 Å². The van der Waals surface area contributed by atoms with E-state index in [9.17, 15) is 19.9 Å². The zero-order valence-corrected chi connectivity index (χ0v) is 23.2. The molecule has 12 heteroatoms. The highest BCUT2D eigenvalue weighted by Crippen LogP contribution is 2.37. The number of fused-ring (bicyclic) bond motifs is 1. The number of ether oxygens (including phenoxy) is 2. The van der Waals surface area contributed by atoms with Crippen molar-refractivity contribution >= 4 is 11.7 Å². The first-order valence-electron chi connectivity index (χ1n) is 12.4. The highest BCUT2D eigenvalue weighted by molar-refractivity contribution is 5.88. The van der Waals surface area contributed by atoms with Gasteiger partial charge in [-0.3, -0.25) is 0 Å². The Morgan fingerprint density at radius 2 is 1.68 bits per heavy atom. The molecular formula is C28H39NO11. The number of allylic oxidation sites excluding steroid dienone is 1. The van der Waals surface area contributed by atoms with E-state index in [4.69, 9.17) is 35.0 Å². The Bertz CT molecular complexity index is 1120. The van der Waals surface area contributed by atoms with E-state index in [0.717, 1.165) is 0 Å². The Balaban J connectivity index is 0.000000693. The molecular weight excluding hydrogens is 526 g/mol. The molecule has 0 bridgehead atoms. The Labute approximate surface area is 233 Å². The van der Waals surface area contributed by atoms with Crippen molar-refractivity contribution in [1.82, 2.24) is 0 Å². The first-order valence-corrected chi connectivity index (χ1v) is 12.4. The third kappa shape index (κ3) is 12.2. The van der Waals surface area contributed by atoms with Crippen LogP contribution in [-0.2, 0) is 16.0 Å². The average molecular weight is 566 g/mol. The number of carbonyl (C=O) groups is 1. The van der Waals surface area contributed by atoms with E-state index in [1.54, 1.807) is 19.9 Å². The monoisotopic (exact) mass is 565 g/mol. The van der Waals surface area contributed by atoms with E-state index in [2.05, 4.69) is 5.18 Å². The van der Waals surface area contributed by atoms with Crippen LogP contribution in [0.15, 0.2) is 58.8 Å². The molecule has 1 aliphatic heterocycles. The normalized spacial score (nSPS) is 14.1. The molecule has 0 radical (unpaired) electrons. The number of aliphatic hydroxyl groups is 3. The SMILES string of the molecule is C/C(=C\C(C)O)C(=O)OC1COc2cc(N=O)cc(O)c2C1.CC.CC=C(CO)CO.Oc1cccc(O)c1O. The number of nitroso groups, excluding NO2 is 1. The molecule has 1 heterocycles. The van der Waals surface area contributed by atoms with Crippen molar-refractivity contribution in [2.45, 2.75) is 53.2 Å². The summed E-state index contributed by atoms with van der Waals surface area (Å²) < 4.78 is 10.7. The van der Waals surface area contributed by atoms with Gasteiger partial charge in [-0.25, -0.2) is 4.79 Å². The van der Waals surface area contributed by atoms with E-state index in [-0.39, 0.29) is 49.2 Å². The second-order valence-corrected chi connectivity index (χ2v) is 8.07. The van der Waals surface area contributed by atoms with Gasteiger partial charge in [-0.15, -0.1) is 4.91 Å². The van der Waals surface area contributed by atoms with Crippen molar-refractivity contribution in [3.63, 3.8) is 0 Å². The first kappa shape index (κ1) is 35.9. The number of aliphatic hydroxyl groups excluding tert-OH is 3. The Morgan fingerprint density at radius 3 is 2.10 bits per heavy atom.